The van der Waals surface area contributed by atoms with Gasteiger partial charge in [0.1, 0.15) is 5.75 Å². The van der Waals surface area contributed by atoms with Crippen molar-refractivity contribution in [3.63, 3.8) is 0 Å². The fourth-order valence-corrected chi connectivity index (χ4v) is 1.89. The van der Waals surface area contributed by atoms with Crippen molar-refractivity contribution < 1.29 is 9.53 Å². The van der Waals surface area contributed by atoms with Crippen molar-refractivity contribution in [3.05, 3.63) is 71.3 Å². The van der Waals surface area contributed by atoms with Crippen LogP contribution in [0.25, 0.3) is 6.08 Å². The van der Waals surface area contributed by atoms with Gasteiger partial charge in [-0.3, -0.25) is 4.79 Å². The van der Waals surface area contributed by atoms with E-state index >= 15 is 0 Å². The van der Waals surface area contributed by atoms with E-state index in [1.165, 1.54) is 5.56 Å². The minimum atomic E-state index is 0.0171. The molecule has 0 heterocycles. The van der Waals surface area contributed by atoms with Crippen LogP contribution in [-0.4, -0.2) is 12.9 Å². The Morgan fingerprint density at radius 1 is 1.05 bits per heavy atom. The van der Waals surface area contributed by atoms with Gasteiger partial charge < -0.3 is 4.74 Å². The van der Waals surface area contributed by atoms with Gasteiger partial charge in [0.25, 0.3) is 0 Å². The van der Waals surface area contributed by atoms with E-state index in [9.17, 15) is 4.79 Å². The second-order valence-corrected chi connectivity index (χ2v) is 4.52. The first-order valence-corrected chi connectivity index (χ1v) is 6.68. The first-order valence-electron chi connectivity index (χ1n) is 6.68. The van der Waals surface area contributed by atoms with Gasteiger partial charge in [-0.05, 0) is 35.8 Å². The number of rotatable bonds is 5. The third-order valence-electron chi connectivity index (χ3n) is 3.19. The number of benzene rings is 2. The molecule has 2 aromatic rings. The molecule has 0 saturated carbocycles. The number of methoxy groups -OCH3 is 1. The first kappa shape index (κ1) is 14.1. The van der Waals surface area contributed by atoms with E-state index in [1.807, 2.05) is 54.6 Å². The summed E-state index contributed by atoms with van der Waals surface area (Å²) in [6.07, 6.45) is 4.40. The Hall–Kier alpha value is -2.35. The van der Waals surface area contributed by atoms with Crippen LogP contribution >= 0.6 is 0 Å². The van der Waals surface area contributed by atoms with Crippen molar-refractivity contribution in [3.8, 4) is 5.75 Å². The van der Waals surface area contributed by atoms with Crippen LogP contribution < -0.4 is 4.74 Å². The Morgan fingerprint density at radius 3 is 2.25 bits per heavy atom. The molecule has 0 aliphatic heterocycles. The van der Waals surface area contributed by atoms with Crippen molar-refractivity contribution in [2.24, 2.45) is 0 Å². The highest BCUT2D eigenvalue weighted by Gasteiger charge is 2.01. The fraction of sp³-hybridized carbons (Fsp3) is 0.167. The average Bonchev–Trinajstić information content (AvgIpc) is 2.53. The molecule has 2 rings (SSSR count). The molecule has 0 aliphatic carbocycles. The zero-order chi connectivity index (χ0) is 14.4. The lowest BCUT2D eigenvalue weighted by Gasteiger charge is -2.00. The number of hydrogen-bond acceptors (Lipinski definition) is 2. The van der Waals surface area contributed by atoms with Gasteiger partial charge in [-0.1, -0.05) is 49.4 Å². The molecule has 0 atom stereocenters. The maximum Gasteiger partial charge on any atom is 0.185 e. The number of allylic oxidation sites excluding steroid dienone is 1. The molecule has 2 aromatic carbocycles. The number of ketones is 1. The van der Waals surface area contributed by atoms with Gasteiger partial charge in [0, 0.05) is 5.56 Å². The number of aryl methyl sites for hydroxylation is 1. The van der Waals surface area contributed by atoms with E-state index < -0.39 is 0 Å². The third-order valence-corrected chi connectivity index (χ3v) is 3.19. The van der Waals surface area contributed by atoms with Crippen molar-refractivity contribution in [1.29, 1.82) is 0 Å². The monoisotopic (exact) mass is 266 g/mol. The van der Waals surface area contributed by atoms with Gasteiger partial charge in [-0.2, -0.15) is 0 Å². The SMILES string of the molecule is CCc1ccc(C(=O)C=Cc2ccc(OC)cc2)cc1. The van der Waals surface area contributed by atoms with Crippen molar-refractivity contribution >= 4 is 11.9 Å². The van der Waals surface area contributed by atoms with Crippen LogP contribution in [0.15, 0.2) is 54.6 Å². The molecule has 0 saturated heterocycles. The summed E-state index contributed by atoms with van der Waals surface area (Å²) in [4.78, 5) is 12.0. The van der Waals surface area contributed by atoms with E-state index in [0.29, 0.717) is 5.56 Å². The summed E-state index contributed by atoms with van der Waals surface area (Å²) < 4.78 is 5.09. The number of carbonyl (C=O) groups is 1. The van der Waals surface area contributed by atoms with E-state index in [1.54, 1.807) is 13.2 Å². The van der Waals surface area contributed by atoms with Crippen LogP contribution in [-0.2, 0) is 6.42 Å². The molecule has 0 bridgehead atoms. The Bertz CT molecular complexity index is 592. The summed E-state index contributed by atoms with van der Waals surface area (Å²) in [5.41, 5.74) is 2.93. The minimum Gasteiger partial charge on any atom is -0.497 e. The molecule has 2 heteroatoms. The van der Waals surface area contributed by atoms with Crippen LogP contribution in [0.5, 0.6) is 5.75 Å². The van der Waals surface area contributed by atoms with Crippen LogP contribution in [0.3, 0.4) is 0 Å². The molecule has 20 heavy (non-hydrogen) atoms. The van der Waals surface area contributed by atoms with Crippen molar-refractivity contribution in [2.75, 3.05) is 7.11 Å². The fourth-order valence-electron chi connectivity index (χ4n) is 1.89. The van der Waals surface area contributed by atoms with Crippen LogP contribution in [0.1, 0.15) is 28.4 Å². The van der Waals surface area contributed by atoms with Crippen LogP contribution in [0.4, 0.5) is 0 Å². The van der Waals surface area contributed by atoms with Gasteiger partial charge >= 0.3 is 0 Å². The Kier molecular flexibility index (Phi) is 4.72. The molecular weight excluding hydrogens is 248 g/mol. The molecule has 0 unspecified atom stereocenters. The molecule has 102 valence electrons. The third kappa shape index (κ3) is 3.58. The maximum atomic E-state index is 12.0. The predicted molar refractivity (Wildman–Crippen MR) is 82.2 cm³/mol. The number of hydrogen-bond donors (Lipinski definition) is 0. The molecule has 2 nitrogen and oxygen atoms in total. The molecule has 0 aliphatic rings. The van der Waals surface area contributed by atoms with E-state index in [0.717, 1.165) is 17.7 Å². The lowest BCUT2D eigenvalue weighted by atomic mass is 10.1. The molecule has 0 radical (unpaired) electrons. The summed E-state index contributed by atoms with van der Waals surface area (Å²) >= 11 is 0. The lowest BCUT2D eigenvalue weighted by Crippen LogP contribution is -1.94. The maximum absolute atomic E-state index is 12.0. The molecule has 0 spiro atoms. The van der Waals surface area contributed by atoms with Crippen LogP contribution in [0.2, 0.25) is 0 Å². The molecular formula is C18H18O2. The highest BCUT2D eigenvalue weighted by atomic mass is 16.5. The van der Waals surface area contributed by atoms with Crippen LogP contribution in [0, 0.1) is 0 Å². The highest BCUT2D eigenvalue weighted by Crippen LogP contribution is 2.13. The quantitative estimate of drug-likeness (QED) is 0.600. The zero-order valence-corrected chi connectivity index (χ0v) is 11.8. The Morgan fingerprint density at radius 2 is 1.70 bits per heavy atom. The van der Waals surface area contributed by atoms with Crippen molar-refractivity contribution in [2.45, 2.75) is 13.3 Å². The van der Waals surface area contributed by atoms with Crippen molar-refractivity contribution in [1.82, 2.24) is 0 Å². The summed E-state index contributed by atoms with van der Waals surface area (Å²) in [6.45, 7) is 2.10. The molecule has 0 aromatic heterocycles. The normalized spacial score (nSPS) is 10.7. The lowest BCUT2D eigenvalue weighted by molar-refractivity contribution is 0.104. The molecule has 0 fully saturated rings. The van der Waals surface area contributed by atoms with E-state index in [2.05, 4.69) is 6.92 Å². The van der Waals surface area contributed by atoms with E-state index in [4.69, 9.17) is 4.74 Å². The van der Waals surface area contributed by atoms with E-state index in [-0.39, 0.29) is 5.78 Å². The number of ether oxygens (including phenoxy) is 1. The highest BCUT2D eigenvalue weighted by molar-refractivity contribution is 6.06. The summed E-state index contributed by atoms with van der Waals surface area (Å²) in [5.74, 6) is 0.826. The smallest absolute Gasteiger partial charge is 0.185 e. The molecule has 0 N–H and O–H groups in total. The second-order valence-electron chi connectivity index (χ2n) is 4.52. The summed E-state index contributed by atoms with van der Waals surface area (Å²) in [5, 5.41) is 0. The predicted octanol–water partition coefficient (Wildman–Crippen LogP) is 4.15. The van der Waals surface area contributed by atoms with Gasteiger partial charge in [0.05, 0.1) is 7.11 Å². The van der Waals surface area contributed by atoms with Gasteiger partial charge in [0.2, 0.25) is 0 Å². The summed E-state index contributed by atoms with van der Waals surface area (Å²) in [7, 11) is 1.63. The van der Waals surface area contributed by atoms with Gasteiger partial charge in [-0.25, -0.2) is 0 Å². The molecule has 0 amide bonds. The zero-order valence-electron chi connectivity index (χ0n) is 11.8. The first-order chi connectivity index (χ1) is 9.72. The second kappa shape index (κ2) is 6.71. The Balaban J connectivity index is 2.07. The van der Waals surface area contributed by atoms with Gasteiger partial charge in [0.15, 0.2) is 5.78 Å². The standard InChI is InChI=1S/C18H18O2/c1-3-14-4-9-16(10-5-14)18(19)13-8-15-6-11-17(20-2)12-7-15/h4-13H,3H2,1-2H3. The number of carbonyl (C=O) groups excluding carboxylic acids is 1. The summed E-state index contributed by atoms with van der Waals surface area (Å²) in [6, 6.07) is 15.3. The largest absolute Gasteiger partial charge is 0.497 e. The Labute approximate surface area is 119 Å². The minimum absolute atomic E-state index is 0.0171. The topological polar surface area (TPSA) is 26.3 Å². The van der Waals surface area contributed by atoms with Gasteiger partial charge in [-0.15, -0.1) is 0 Å². The average molecular weight is 266 g/mol.